The van der Waals surface area contributed by atoms with Crippen molar-refractivity contribution < 1.29 is 9.47 Å². The molecule has 1 aromatic rings. The molecule has 1 saturated heterocycles. The van der Waals surface area contributed by atoms with E-state index in [1.54, 1.807) is 18.0 Å². The molecule has 0 spiro atoms. The molecule has 90 valence electrons. The van der Waals surface area contributed by atoms with Crippen LogP contribution in [0.25, 0.3) is 0 Å². The molecule has 2 N–H and O–H groups in total. The van der Waals surface area contributed by atoms with Crippen LogP contribution in [0.15, 0.2) is 6.20 Å². The normalized spacial score (nSPS) is 27.0. The van der Waals surface area contributed by atoms with Crippen molar-refractivity contribution in [3.8, 4) is 5.75 Å². The van der Waals surface area contributed by atoms with Crippen LogP contribution in [0.2, 0.25) is 0 Å². The molecule has 0 radical (unpaired) electrons. The molecule has 5 nitrogen and oxygen atoms in total. The van der Waals surface area contributed by atoms with Gasteiger partial charge in [-0.25, -0.2) is 0 Å². The number of hydrogen-bond acceptors (Lipinski definition) is 4. The first-order chi connectivity index (χ1) is 7.63. The largest absolute Gasteiger partial charge is 0.493 e. The van der Waals surface area contributed by atoms with Crippen molar-refractivity contribution in [2.24, 2.45) is 18.7 Å². The Kier molecular flexibility index (Phi) is 3.16. The predicted molar refractivity (Wildman–Crippen MR) is 60.2 cm³/mol. The van der Waals surface area contributed by atoms with Crippen LogP contribution in [0.1, 0.15) is 25.1 Å². The third kappa shape index (κ3) is 1.92. The van der Waals surface area contributed by atoms with Crippen molar-refractivity contribution in [3.05, 3.63) is 11.9 Å². The number of nitrogens with zero attached hydrogens (tertiary/aromatic N) is 2. The second kappa shape index (κ2) is 4.43. The molecule has 0 aliphatic carbocycles. The van der Waals surface area contributed by atoms with Gasteiger partial charge >= 0.3 is 0 Å². The summed E-state index contributed by atoms with van der Waals surface area (Å²) in [5, 5.41) is 4.17. The van der Waals surface area contributed by atoms with E-state index in [1.165, 1.54) is 0 Å². The summed E-state index contributed by atoms with van der Waals surface area (Å²) in [5.41, 5.74) is 7.21. The smallest absolute Gasteiger partial charge is 0.161 e. The van der Waals surface area contributed by atoms with Gasteiger partial charge in [-0.2, -0.15) is 5.10 Å². The minimum absolute atomic E-state index is 0.0765. The first-order valence-electron chi connectivity index (χ1n) is 5.56. The van der Waals surface area contributed by atoms with E-state index >= 15 is 0 Å². The first kappa shape index (κ1) is 11.4. The van der Waals surface area contributed by atoms with Gasteiger partial charge in [0.2, 0.25) is 0 Å². The summed E-state index contributed by atoms with van der Waals surface area (Å²) >= 11 is 0. The van der Waals surface area contributed by atoms with Crippen LogP contribution in [0, 0.1) is 5.92 Å². The Balaban J connectivity index is 2.19. The van der Waals surface area contributed by atoms with Gasteiger partial charge in [0.1, 0.15) is 0 Å². The Bertz CT molecular complexity index is 364. The first-order valence-corrected chi connectivity index (χ1v) is 5.56. The Labute approximate surface area is 95.5 Å². The Morgan fingerprint density at radius 2 is 2.44 bits per heavy atom. The molecule has 2 heterocycles. The molecular formula is C11H19N3O2. The molecule has 2 rings (SSSR count). The molecule has 3 unspecified atom stereocenters. The summed E-state index contributed by atoms with van der Waals surface area (Å²) in [4.78, 5) is 0. The summed E-state index contributed by atoms with van der Waals surface area (Å²) in [5.74, 6) is 1.11. The van der Waals surface area contributed by atoms with E-state index in [0.29, 0.717) is 12.0 Å². The summed E-state index contributed by atoms with van der Waals surface area (Å²) < 4.78 is 12.6. The van der Waals surface area contributed by atoms with Gasteiger partial charge in [0, 0.05) is 13.0 Å². The molecule has 0 amide bonds. The molecule has 0 bridgehead atoms. The molecule has 3 atom stereocenters. The third-order valence-corrected chi connectivity index (χ3v) is 3.22. The monoisotopic (exact) mass is 225 g/mol. The minimum Gasteiger partial charge on any atom is -0.493 e. The highest BCUT2D eigenvalue weighted by Gasteiger charge is 2.31. The fourth-order valence-electron chi connectivity index (χ4n) is 2.29. The van der Waals surface area contributed by atoms with E-state index in [1.807, 2.05) is 7.05 Å². The molecule has 0 aromatic carbocycles. The molecule has 1 aliphatic heterocycles. The van der Waals surface area contributed by atoms with E-state index in [9.17, 15) is 0 Å². The van der Waals surface area contributed by atoms with Crippen molar-refractivity contribution >= 4 is 0 Å². The second-order valence-electron chi connectivity index (χ2n) is 4.39. The highest BCUT2D eigenvalue weighted by Crippen LogP contribution is 2.33. The maximum Gasteiger partial charge on any atom is 0.161 e. The molecule has 0 saturated carbocycles. The second-order valence-corrected chi connectivity index (χ2v) is 4.39. The van der Waals surface area contributed by atoms with Gasteiger partial charge in [0.15, 0.2) is 5.75 Å². The number of aryl methyl sites for hydroxylation is 1. The number of aromatic nitrogens is 2. The minimum atomic E-state index is -0.0765. The van der Waals surface area contributed by atoms with Gasteiger partial charge in [0.05, 0.1) is 37.8 Å². The topological polar surface area (TPSA) is 62.3 Å². The van der Waals surface area contributed by atoms with Crippen LogP contribution >= 0.6 is 0 Å². The summed E-state index contributed by atoms with van der Waals surface area (Å²) in [7, 11) is 3.53. The molecule has 5 heteroatoms. The Morgan fingerprint density at radius 1 is 1.69 bits per heavy atom. The highest BCUT2D eigenvalue weighted by molar-refractivity contribution is 5.28. The number of methoxy groups -OCH3 is 1. The lowest BCUT2D eigenvalue weighted by atomic mass is 9.95. The quantitative estimate of drug-likeness (QED) is 0.828. The van der Waals surface area contributed by atoms with Gasteiger partial charge in [-0.05, 0) is 13.3 Å². The fourth-order valence-corrected chi connectivity index (χ4v) is 2.29. The average molecular weight is 225 g/mol. The fraction of sp³-hybridized carbons (Fsp3) is 0.727. The molecule has 1 aromatic heterocycles. The van der Waals surface area contributed by atoms with Gasteiger partial charge in [-0.1, -0.05) is 0 Å². The van der Waals surface area contributed by atoms with Crippen LogP contribution in [0.3, 0.4) is 0 Å². The van der Waals surface area contributed by atoms with Crippen molar-refractivity contribution in [3.63, 3.8) is 0 Å². The maximum absolute atomic E-state index is 6.26. The van der Waals surface area contributed by atoms with Crippen molar-refractivity contribution in [1.29, 1.82) is 0 Å². The lowest BCUT2D eigenvalue weighted by Gasteiger charge is -2.19. The molecular weight excluding hydrogens is 206 g/mol. The third-order valence-electron chi connectivity index (χ3n) is 3.22. The van der Waals surface area contributed by atoms with Crippen molar-refractivity contribution in [2.75, 3.05) is 13.7 Å². The maximum atomic E-state index is 6.26. The standard InChI is InChI=1S/C11H19N3O2/c1-7-4-8(6-16-7)10(12)11-9(15-3)5-13-14(11)2/h5,7-8,10H,4,6,12H2,1-3H3. The van der Waals surface area contributed by atoms with Crippen molar-refractivity contribution in [2.45, 2.75) is 25.5 Å². The lowest BCUT2D eigenvalue weighted by Crippen LogP contribution is -2.24. The summed E-state index contributed by atoms with van der Waals surface area (Å²) in [6, 6.07) is -0.0765. The molecule has 16 heavy (non-hydrogen) atoms. The SMILES string of the molecule is COc1cnn(C)c1C(N)C1COC(C)C1. The zero-order valence-corrected chi connectivity index (χ0v) is 10.0. The molecule has 1 fully saturated rings. The zero-order valence-electron chi connectivity index (χ0n) is 10.0. The highest BCUT2D eigenvalue weighted by atomic mass is 16.5. The van der Waals surface area contributed by atoms with E-state index in [4.69, 9.17) is 15.2 Å². The Hall–Kier alpha value is -1.07. The van der Waals surface area contributed by atoms with E-state index < -0.39 is 0 Å². The van der Waals surface area contributed by atoms with Gasteiger partial charge in [-0.3, -0.25) is 4.68 Å². The summed E-state index contributed by atoms with van der Waals surface area (Å²) in [6.07, 6.45) is 3.00. The summed E-state index contributed by atoms with van der Waals surface area (Å²) in [6.45, 7) is 2.80. The predicted octanol–water partition coefficient (Wildman–Crippen LogP) is 0.853. The van der Waals surface area contributed by atoms with E-state index in [2.05, 4.69) is 12.0 Å². The van der Waals surface area contributed by atoms with Gasteiger partial charge in [0.25, 0.3) is 0 Å². The van der Waals surface area contributed by atoms with Crippen LogP contribution in [-0.2, 0) is 11.8 Å². The number of nitrogens with two attached hydrogens (primary N) is 1. The zero-order chi connectivity index (χ0) is 11.7. The van der Waals surface area contributed by atoms with Gasteiger partial charge < -0.3 is 15.2 Å². The van der Waals surface area contributed by atoms with Crippen molar-refractivity contribution in [1.82, 2.24) is 9.78 Å². The van der Waals surface area contributed by atoms with E-state index in [0.717, 1.165) is 24.5 Å². The van der Waals surface area contributed by atoms with Crippen LogP contribution in [-0.4, -0.2) is 29.6 Å². The lowest BCUT2D eigenvalue weighted by molar-refractivity contribution is 0.118. The van der Waals surface area contributed by atoms with Gasteiger partial charge in [-0.15, -0.1) is 0 Å². The number of ether oxygens (including phenoxy) is 2. The van der Waals surface area contributed by atoms with E-state index in [-0.39, 0.29) is 6.04 Å². The average Bonchev–Trinajstić information content (AvgIpc) is 2.83. The Morgan fingerprint density at radius 3 is 3.00 bits per heavy atom. The van der Waals surface area contributed by atoms with Crippen LogP contribution < -0.4 is 10.5 Å². The number of hydrogen-bond donors (Lipinski definition) is 1. The number of rotatable bonds is 3. The van der Waals surface area contributed by atoms with Crippen LogP contribution in [0.5, 0.6) is 5.75 Å². The molecule has 1 aliphatic rings. The van der Waals surface area contributed by atoms with Crippen LogP contribution in [0.4, 0.5) is 0 Å².